The average Bonchev–Trinajstić information content (AvgIpc) is 2.34. The van der Waals surface area contributed by atoms with E-state index in [4.69, 9.17) is 5.73 Å². The van der Waals surface area contributed by atoms with Crippen LogP contribution in [0.4, 0.5) is 4.39 Å². The molecule has 0 saturated heterocycles. The van der Waals surface area contributed by atoms with Crippen LogP contribution < -0.4 is 5.73 Å². The molecule has 19 heavy (non-hydrogen) atoms. The number of likely N-dealkylation sites (N-methyl/N-ethyl adjacent to an activating group) is 2. The van der Waals surface area contributed by atoms with Gasteiger partial charge in [-0.05, 0) is 50.8 Å². The number of rotatable bonds is 7. The molecule has 0 spiro atoms. The monoisotopic (exact) mass is 267 g/mol. The van der Waals surface area contributed by atoms with Gasteiger partial charge in [0.2, 0.25) is 0 Å². The van der Waals surface area contributed by atoms with E-state index in [0.29, 0.717) is 12.6 Å². The molecule has 1 atom stereocenters. The van der Waals surface area contributed by atoms with Gasteiger partial charge in [0.1, 0.15) is 5.82 Å². The summed E-state index contributed by atoms with van der Waals surface area (Å²) in [6.07, 6.45) is 0. The van der Waals surface area contributed by atoms with E-state index in [1.165, 1.54) is 6.07 Å². The molecule has 0 amide bonds. The Labute approximate surface area is 116 Å². The molecular formula is C15H26FN3. The first-order valence-corrected chi connectivity index (χ1v) is 6.83. The van der Waals surface area contributed by atoms with Crippen molar-refractivity contribution in [2.75, 3.05) is 27.2 Å². The molecule has 0 radical (unpaired) electrons. The van der Waals surface area contributed by atoms with Crippen LogP contribution in [0.5, 0.6) is 0 Å². The van der Waals surface area contributed by atoms with Gasteiger partial charge in [0.25, 0.3) is 0 Å². The van der Waals surface area contributed by atoms with Crippen LogP contribution in [0.1, 0.15) is 25.0 Å². The minimum Gasteiger partial charge on any atom is -0.326 e. The van der Waals surface area contributed by atoms with Crippen LogP contribution in [-0.2, 0) is 13.1 Å². The first kappa shape index (κ1) is 16.1. The summed E-state index contributed by atoms with van der Waals surface area (Å²) in [4.78, 5) is 4.51. The molecule has 1 rings (SSSR count). The molecule has 1 unspecified atom stereocenters. The van der Waals surface area contributed by atoms with Gasteiger partial charge in [-0.1, -0.05) is 13.0 Å². The number of nitrogens with zero attached hydrogens (tertiary/aromatic N) is 2. The summed E-state index contributed by atoms with van der Waals surface area (Å²) < 4.78 is 13.5. The Kier molecular flexibility index (Phi) is 6.42. The van der Waals surface area contributed by atoms with Crippen molar-refractivity contribution in [2.45, 2.75) is 33.0 Å². The van der Waals surface area contributed by atoms with E-state index in [1.54, 1.807) is 6.07 Å². The maximum absolute atomic E-state index is 13.5. The molecule has 1 aromatic rings. The molecule has 0 aliphatic rings. The molecule has 1 aromatic carbocycles. The van der Waals surface area contributed by atoms with Crippen molar-refractivity contribution >= 4 is 0 Å². The van der Waals surface area contributed by atoms with Crippen molar-refractivity contribution in [1.29, 1.82) is 0 Å². The van der Waals surface area contributed by atoms with Crippen molar-refractivity contribution in [3.63, 3.8) is 0 Å². The Morgan fingerprint density at radius 2 is 1.84 bits per heavy atom. The largest absolute Gasteiger partial charge is 0.326 e. The maximum atomic E-state index is 13.5. The van der Waals surface area contributed by atoms with E-state index in [1.807, 2.05) is 6.07 Å². The van der Waals surface area contributed by atoms with Gasteiger partial charge >= 0.3 is 0 Å². The van der Waals surface area contributed by atoms with Crippen molar-refractivity contribution in [2.24, 2.45) is 5.73 Å². The molecule has 0 aliphatic heterocycles. The van der Waals surface area contributed by atoms with E-state index in [9.17, 15) is 4.39 Å². The lowest BCUT2D eigenvalue weighted by Gasteiger charge is -2.30. The zero-order valence-electron chi connectivity index (χ0n) is 12.5. The third-order valence-corrected chi connectivity index (χ3v) is 3.30. The molecule has 0 saturated carbocycles. The van der Waals surface area contributed by atoms with Gasteiger partial charge in [0.15, 0.2) is 0 Å². The highest BCUT2D eigenvalue weighted by atomic mass is 19.1. The predicted molar refractivity (Wildman–Crippen MR) is 78.4 cm³/mol. The highest BCUT2D eigenvalue weighted by Gasteiger charge is 2.14. The Hall–Kier alpha value is -0.970. The minimum absolute atomic E-state index is 0.200. The normalized spacial score (nSPS) is 13.3. The van der Waals surface area contributed by atoms with E-state index >= 15 is 0 Å². The fraction of sp³-hybridized carbons (Fsp3) is 0.600. The van der Waals surface area contributed by atoms with E-state index < -0.39 is 0 Å². The average molecular weight is 267 g/mol. The Balaban J connectivity index is 2.77. The molecule has 0 heterocycles. The molecular weight excluding hydrogens is 241 g/mol. The highest BCUT2D eigenvalue weighted by molar-refractivity contribution is 5.24. The standard InChI is InChI=1S/C15H26FN3/c1-5-19(12(2)10-18(3)4)11-14-6-13(9-17)7-15(16)8-14/h6-8,12H,5,9-11,17H2,1-4H3. The summed E-state index contributed by atoms with van der Waals surface area (Å²) in [6.45, 7) is 7.42. The highest BCUT2D eigenvalue weighted by Crippen LogP contribution is 2.13. The number of hydrogen-bond acceptors (Lipinski definition) is 3. The zero-order chi connectivity index (χ0) is 14.4. The smallest absolute Gasteiger partial charge is 0.123 e. The van der Waals surface area contributed by atoms with Gasteiger partial charge in [-0.3, -0.25) is 4.90 Å². The second-order valence-corrected chi connectivity index (χ2v) is 5.35. The van der Waals surface area contributed by atoms with Gasteiger partial charge in [-0.25, -0.2) is 4.39 Å². The summed E-state index contributed by atoms with van der Waals surface area (Å²) in [5.41, 5.74) is 7.44. The van der Waals surface area contributed by atoms with Gasteiger partial charge in [0.05, 0.1) is 0 Å². The Bertz CT molecular complexity index is 393. The predicted octanol–water partition coefficient (Wildman–Crippen LogP) is 2.06. The molecule has 4 heteroatoms. The van der Waals surface area contributed by atoms with Crippen molar-refractivity contribution in [3.8, 4) is 0 Å². The van der Waals surface area contributed by atoms with Crippen LogP contribution in [0.2, 0.25) is 0 Å². The summed E-state index contributed by atoms with van der Waals surface area (Å²) in [5.74, 6) is -0.200. The molecule has 2 N–H and O–H groups in total. The van der Waals surface area contributed by atoms with Gasteiger partial charge in [0, 0.05) is 25.7 Å². The fourth-order valence-electron chi connectivity index (χ4n) is 2.38. The number of halogens is 1. The third kappa shape index (κ3) is 5.27. The summed E-state index contributed by atoms with van der Waals surface area (Å²) in [5, 5.41) is 0. The lowest BCUT2D eigenvalue weighted by Crippen LogP contribution is -2.39. The summed E-state index contributed by atoms with van der Waals surface area (Å²) in [6, 6.07) is 5.53. The van der Waals surface area contributed by atoms with Gasteiger partial charge in [-0.2, -0.15) is 0 Å². The van der Waals surface area contributed by atoms with Crippen LogP contribution in [0, 0.1) is 5.82 Å². The lowest BCUT2D eigenvalue weighted by molar-refractivity contribution is 0.174. The first-order valence-electron chi connectivity index (χ1n) is 6.83. The molecule has 0 bridgehead atoms. The van der Waals surface area contributed by atoms with E-state index in [0.717, 1.165) is 30.8 Å². The number of benzene rings is 1. The van der Waals surface area contributed by atoms with Gasteiger partial charge in [-0.15, -0.1) is 0 Å². The third-order valence-electron chi connectivity index (χ3n) is 3.30. The number of nitrogens with two attached hydrogens (primary N) is 1. The maximum Gasteiger partial charge on any atom is 0.123 e. The SMILES string of the molecule is CCN(Cc1cc(F)cc(CN)c1)C(C)CN(C)C. The van der Waals surface area contributed by atoms with E-state index in [2.05, 4.69) is 37.7 Å². The van der Waals surface area contributed by atoms with Crippen molar-refractivity contribution in [3.05, 3.63) is 35.1 Å². The topological polar surface area (TPSA) is 32.5 Å². The van der Waals surface area contributed by atoms with Crippen LogP contribution in [0.25, 0.3) is 0 Å². The Morgan fingerprint density at radius 1 is 1.21 bits per heavy atom. The second-order valence-electron chi connectivity index (χ2n) is 5.35. The van der Waals surface area contributed by atoms with Gasteiger partial charge < -0.3 is 10.6 Å². The van der Waals surface area contributed by atoms with Crippen LogP contribution in [0.3, 0.4) is 0 Å². The molecule has 0 fully saturated rings. The summed E-state index contributed by atoms with van der Waals surface area (Å²) >= 11 is 0. The van der Waals surface area contributed by atoms with Crippen LogP contribution >= 0.6 is 0 Å². The van der Waals surface area contributed by atoms with Crippen LogP contribution in [-0.4, -0.2) is 43.0 Å². The molecule has 108 valence electrons. The fourth-order valence-corrected chi connectivity index (χ4v) is 2.38. The first-order chi connectivity index (χ1) is 8.96. The number of hydrogen-bond donors (Lipinski definition) is 1. The lowest BCUT2D eigenvalue weighted by atomic mass is 10.1. The second kappa shape index (κ2) is 7.58. The van der Waals surface area contributed by atoms with Crippen molar-refractivity contribution < 1.29 is 4.39 Å². The zero-order valence-corrected chi connectivity index (χ0v) is 12.5. The van der Waals surface area contributed by atoms with Crippen molar-refractivity contribution in [1.82, 2.24) is 9.80 Å². The molecule has 0 aromatic heterocycles. The minimum atomic E-state index is -0.200. The summed E-state index contributed by atoms with van der Waals surface area (Å²) in [7, 11) is 4.14. The quantitative estimate of drug-likeness (QED) is 0.821. The van der Waals surface area contributed by atoms with E-state index in [-0.39, 0.29) is 5.82 Å². The molecule has 0 aliphatic carbocycles. The molecule has 3 nitrogen and oxygen atoms in total. The van der Waals surface area contributed by atoms with Crippen LogP contribution in [0.15, 0.2) is 18.2 Å². The Morgan fingerprint density at radius 3 is 2.37 bits per heavy atom.